The van der Waals surface area contributed by atoms with Crippen LogP contribution in [0.15, 0.2) is 0 Å². The number of hydrogen-bond acceptors (Lipinski definition) is 2. The van der Waals surface area contributed by atoms with Crippen molar-refractivity contribution in [3.8, 4) is 0 Å². The first kappa shape index (κ1) is 10.3. The fourth-order valence-electron chi connectivity index (χ4n) is 2.58. The minimum absolute atomic E-state index is 0.186. The lowest BCUT2D eigenvalue weighted by molar-refractivity contribution is -0.130. The van der Waals surface area contributed by atoms with Crippen molar-refractivity contribution < 1.29 is 14.7 Å². The van der Waals surface area contributed by atoms with Crippen molar-refractivity contribution in [1.82, 2.24) is 9.80 Å². The van der Waals surface area contributed by atoms with Crippen molar-refractivity contribution in [2.24, 2.45) is 11.8 Å². The molecular formula is C10H16N2O3. The zero-order valence-electron chi connectivity index (χ0n) is 8.85. The minimum Gasteiger partial charge on any atom is -0.465 e. The fourth-order valence-corrected chi connectivity index (χ4v) is 2.58. The Bertz CT molecular complexity index is 278. The van der Waals surface area contributed by atoms with E-state index in [0.717, 1.165) is 13.1 Å². The van der Waals surface area contributed by atoms with Crippen LogP contribution in [0.4, 0.5) is 4.79 Å². The largest absolute Gasteiger partial charge is 0.465 e. The third kappa shape index (κ3) is 1.78. The maximum atomic E-state index is 11.5. The molecule has 0 aliphatic carbocycles. The number of likely N-dealkylation sites (tertiary alicyclic amines) is 2. The van der Waals surface area contributed by atoms with Gasteiger partial charge in [-0.25, -0.2) is 4.79 Å². The zero-order valence-corrected chi connectivity index (χ0v) is 8.85. The van der Waals surface area contributed by atoms with Gasteiger partial charge in [0.1, 0.15) is 0 Å². The standard InChI is InChI=1S/C10H16N2O3/c1-2-9(13)11-3-7-5-12(10(14)15)6-8(7)4-11/h7-8H,2-6H2,1H3,(H,14,15)/t7-,8+. The molecular weight excluding hydrogens is 196 g/mol. The Morgan fingerprint density at radius 2 is 1.60 bits per heavy atom. The van der Waals surface area contributed by atoms with Crippen molar-refractivity contribution in [3.05, 3.63) is 0 Å². The summed E-state index contributed by atoms with van der Waals surface area (Å²) in [6.07, 6.45) is -0.292. The van der Waals surface area contributed by atoms with Crippen LogP contribution in [-0.2, 0) is 4.79 Å². The van der Waals surface area contributed by atoms with Gasteiger partial charge >= 0.3 is 6.09 Å². The SMILES string of the molecule is CCC(=O)N1C[C@H]2CN(C(=O)O)C[C@H]2C1. The highest BCUT2D eigenvalue weighted by Crippen LogP contribution is 2.31. The van der Waals surface area contributed by atoms with Gasteiger partial charge in [0.15, 0.2) is 0 Å². The van der Waals surface area contributed by atoms with E-state index < -0.39 is 6.09 Å². The van der Waals surface area contributed by atoms with Gasteiger partial charge in [0, 0.05) is 44.4 Å². The molecule has 1 N–H and O–H groups in total. The summed E-state index contributed by atoms with van der Waals surface area (Å²) < 4.78 is 0. The van der Waals surface area contributed by atoms with E-state index in [9.17, 15) is 9.59 Å². The molecule has 0 aromatic rings. The Labute approximate surface area is 88.6 Å². The van der Waals surface area contributed by atoms with Crippen LogP contribution >= 0.6 is 0 Å². The number of carboxylic acid groups (broad SMARTS) is 1. The van der Waals surface area contributed by atoms with Gasteiger partial charge in [-0.2, -0.15) is 0 Å². The predicted molar refractivity (Wildman–Crippen MR) is 53.4 cm³/mol. The summed E-state index contributed by atoms with van der Waals surface area (Å²) in [4.78, 5) is 25.5. The highest BCUT2D eigenvalue weighted by atomic mass is 16.4. The summed E-state index contributed by atoms with van der Waals surface area (Å²) in [5.41, 5.74) is 0. The molecule has 2 aliphatic heterocycles. The van der Waals surface area contributed by atoms with Gasteiger partial charge in [-0.1, -0.05) is 6.92 Å². The van der Waals surface area contributed by atoms with Crippen LogP contribution in [0.5, 0.6) is 0 Å². The molecule has 2 amide bonds. The molecule has 0 unspecified atom stereocenters. The maximum Gasteiger partial charge on any atom is 0.407 e. The number of rotatable bonds is 1. The smallest absolute Gasteiger partial charge is 0.407 e. The zero-order chi connectivity index (χ0) is 11.0. The van der Waals surface area contributed by atoms with Crippen LogP contribution < -0.4 is 0 Å². The second-order valence-electron chi connectivity index (χ2n) is 4.36. The van der Waals surface area contributed by atoms with Crippen LogP contribution in [0.25, 0.3) is 0 Å². The van der Waals surface area contributed by atoms with Crippen LogP contribution in [-0.4, -0.2) is 53.1 Å². The molecule has 2 heterocycles. The number of amides is 2. The summed E-state index contributed by atoms with van der Waals surface area (Å²) in [5, 5.41) is 8.84. The Morgan fingerprint density at radius 3 is 2.00 bits per heavy atom. The van der Waals surface area contributed by atoms with Crippen molar-refractivity contribution in [1.29, 1.82) is 0 Å². The number of carbonyl (C=O) groups excluding carboxylic acids is 1. The average Bonchev–Trinajstić information content (AvgIpc) is 2.72. The molecule has 5 nitrogen and oxygen atoms in total. The van der Waals surface area contributed by atoms with Crippen LogP contribution in [0.2, 0.25) is 0 Å². The van der Waals surface area contributed by atoms with E-state index in [1.165, 1.54) is 4.90 Å². The number of hydrogen-bond donors (Lipinski definition) is 1. The van der Waals surface area contributed by atoms with Crippen molar-refractivity contribution in [2.75, 3.05) is 26.2 Å². The molecule has 2 aliphatic rings. The quantitative estimate of drug-likeness (QED) is 0.687. The Balaban J connectivity index is 1.93. The van der Waals surface area contributed by atoms with Gasteiger partial charge in [0.25, 0.3) is 0 Å². The molecule has 2 saturated heterocycles. The van der Waals surface area contributed by atoms with Crippen molar-refractivity contribution >= 4 is 12.0 Å². The van der Waals surface area contributed by atoms with E-state index in [1.807, 2.05) is 11.8 Å². The lowest BCUT2D eigenvalue weighted by Gasteiger charge is -2.19. The molecule has 0 spiro atoms. The Kier molecular flexibility index (Phi) is 2.54. The second-order valence-corrected chi connectivity index (χ2v) is 4.36. The van der Waals surface area contributed by atoms with Gasteiger partial charge in [-0.3, -0.25) is 4.79 Å². The van der Waals surface area contributed by atoms with E-state index in [0.29, 0.717) is 31.3 Å². The van der Waals surface area contributed by atoms with Crippen LogP contribution in [0, 0.1) is 11.8 Å². The van der Waals surface area contributed by atoms with E-state index in [-0.39, 0.29) is 5.91 Å². The molecule has 0 bridgehead atoms. The Morgan fingerprint density at radius 1 is 1.13 bits per heavy atom. The lowest BCUT2D eigenvalue weighted by Crippen LogP contribution is -2.34. The highest BCUT2D eigenvalue weighted by molar-refractivity contribution is 5.76. The van der Waals surface area contributed by atoms with Gasteiger partial charge in [-0.05, 0) is 0 Å². The van der Waals surface area contributed by atoms with Crippen LogP contribution in [0.3, 0.4) is 0 Å². The molecule has 2 rings (SSSR count). The molecule has 0 radical (unpaired) electrons. The van der Waals surface area contributed by atoms with E-state index in [2.05, 4.69) is 0 Å². The summed E-state index contributed by atoms with van der Waals surface area (Å²) in [7, 11) is 0. The summed E-state index contributed by atoms with van der Waals surface area (Å²) >= 11 is 0. The highest BCUT2D eigenvalue weighted by Gasteiger charge is 2.42. The minimum atomic E-state index is -0.835. The van der Waals surface area contributed by atoms with Crippen molar-refractivity contribution in [2.45, 2.75) is 13.3 Å². The maximum absolute atomic E-state index is 11.5. The Hall–Kier alpha value is -1.26. The summed E-state index contributed by atoms with van der Waals surface area (Å²) in [6, 6.07) is 0. The monoisotopic (exact) mass is 212 g/mol. The topological polar surface area (TPSA) is 60.9 Å². The van der Waals surface area contributed by atoms with Gasteiger partial charge in [0.05, 0.1) is 0 Å². The molecule has 0 aromatic heterocycles. The van der Waals surface area contributed by atoms with E-state index >= 15 is 0 Å². The third-order valence-corrected chi connectivity index (χ3v) is 3.41. The van der Waals surface area contributed by atoms with Gasteiger partial charge in [0.2, 0.25) is 5.91 Å². The first-order valence-electron chi connectivity index (χ1n) is 5.37. The van der Waals surface area contributed by atoms with Gasteiger partial charge in [-0.15, -0.1) is 0 Å². The predicted octanol–water partition coefficient (Wildman–Crippen LogP) is 0.465. The number of nitrogens with zero attached hydrogens (tertiary/aromatic N) is 2. The number of fused-ring (bicyclic) bond motifs is 1. The molecule has 2 atom stereocenters. The first-order chi connectivity index (χ1) is 7.11. The van der Waals surface area contributed by atoms with E-state index in [1.54, 1.807) is 0 Å². The third-order valence-electron chi connectivity index (χ3n) is 3.41. The van der Waals surface area contributed by atoms with Gasteiger partial charge < -0.3 is 14.9 Å². The normalized spacial score (nSPS) is 29.4. The fraction of sp³-hybridized carbons (Fsp3) is 0.800. The summed E-state index contributed by atoms with van der Waals surface area (Å²) in [6.45, 7) is 4.52. The molecule has 0 saturated carbocycles. The van der Waals surface area contributed by atoms with Crippen LogP contribution in [0.1, 0.15) is 13.3 Å². The lowest BCUT2D eigenvalue weighted by atomic mass is 10.0. The molecule has 5 heteroatoms. The molecule has 0 aromatic carbocycles. The average molecular weight is 212 g/mol. The number of carbonyl (C=O) groups is 2. The summed E-state index contributed by atoms with van der Waals surface area (Å²) in [5.74, 6) is 0.902. The van der Waals surface area contributed by atoms with E-state index in [4.69, 9.17) is 5.11 Å². The first-order valence-corrected chi connectivity index (χ1v) is 5.37. The molecule has 2 fully saturated rings. The molecule has 84 valence electrons. The second kappa shape index (κ2) is 3.72. The van der Waals surface area contributed by atoms with Crippen molar-refractivity contribution in [3.63, 3.8) is 0 Å². The molecule has 15 heavy (non-hydrogen) atoms.